The Hall–Kier alpha value is -9.09. The largest absolute Gasteiger partial charge is 0.491 e. The Labute approximate surface area is 473 Å². The van der Waals surface area contributed by atoms with Crippen molar-refractivity contribution in [1.82, 2.24) is 35.0 Å². The molecule has 3 fully saturated rings. The third-order valence-corrected chi connectivity index (χ3v) is 16.3. The topological polar surface area (TPSA) is 207 Å². The number of hydrogen-bond donors (Lipinski definition) is 2. The summed E-state index contributed by atoms with van der Waals surface area (Å²) in [7, 11) is 1.22. The van der Waals surface area contributed by atoms with Gasteiger partial charge < -0.3 is 39.0 Å². The van der Waals surface area contributed by atoms with E-state index in [2.05, 4.69) is 32.4 Å². The minimum absolute atomic E-state index is 0.0538. The van der Waals surface area contributed by atoms with E-state index in [-0.39, 0.29) is 50.9 Å². The van der Waals surface area contributed by atoms with Crippen molar-refractivity contribution in [3.63, 3.8) is 0 Å². The fraction of sp³-hybridized carbons (Fsp3) is 0.317. The molecule has 19 nitrogen and oxygen atoms in total. The summed E-state index contributed by atoms with van der Waals surface area (Å²) in [6.45, 7) is 5.34. The first-order chi connectivity index (χ1) is 40.0. The number of benzene rings is 6. The maximum absolute atomic E-state index is 17.1. The molecule has 12 rings (SSSR count). The van der Waals surface area contributed by atoms with E-state index in [0.717, 1.165) is 21.5 Å². The number of carbonyl (C=O) groups is 5. The van der Waals surface area contributed by atoms with Gasteiger partial charge in [-0.15, -0.1) is 5.10 Å². The molecule has 2 N–H and O–H groups in total. The number of morpholine rings is 1. The molecule has 19 heteroatoms. The van der Waals surface area contributed by atoms with Crippen molar-refractivity contribution < 1.29 is 52.8 Å². The van der Waals surface area contributed by atoms with Gasteiger partial charge in [0.2, 0.25) is 18.6 Å². The highest BCUT2D eigenvalue weighted by Gasteiger charge is 2.76. The number of piperazine rings is 1. The number of aliphatic hydroxyl groups is 1. The van der Waals surface area contributed by atoms with E-state index >= 15 is 19.2 Å². The molecule has 4 amide bonds. The number of nitrogens with one attached hydrogen (secondary N) is 1. The Bertz CT molecular complexity index is 3650. The van der Waals surface area contributed by atoms with E-state index < -0.39 is 77.3 Å². The van der Waals surface area contributed by atoms with Crippen LogP contribution in [0.4, 0.5) is 10.5 Å². The highest BCUT2D eigenvalue weighted by atomic mass is 16.7. The van der Waals surface area contributed by atoms with Gasteiger partial charge in [0.1, 0.15) is 48.0 Å². The SMILES string of the molecule is COC(=O)C(NC(=O)N1C(=O)C2(c3cc(C#CCn4nnc5ccccc54)ccc31)C(C(=O)N1CCN(Cc3ccc4c(c3)OCO4)CC1)C1C(=O)OC(c3ccccc3)C(c3ccccc3)N1C2c1cccc(OCCO)c1)C(C)C. The number of aliphatic hydroxyl groups excluding tert-OH is 1. The van der Waals surface area contributed by atoms with Crippen LogP contribution in [0.2, 0.25) is 0 Å². The summed E-state index contributed by atoms with van der Waals surface area (Å²) in [5, 5.41) is 21.4. The summed E-state index contributed by atoms with van der Waals surface area (Å²) in [6.07, 6.45) is -0.971. The molecule has 82 heavy (non-hydrogen) atoms. The fourth-order valence-corrected chi connectivity index (χ4v) is 12.6. The van der Waals surface area contributed by atoms with E-state index in [1.165, 1.54) is 7.11 Å². The quantitative estimate of drug-likeness (QED) is 0.0934. The van der Waals surface area contributed by atoms with Gasteiger partial charge >= 0.3 is 18.0 Å². The molecule has 6 heterocycles. The standard InChI is InChI=1S/C63H60N8O11/c1-39(2)53(59(74)78-3)64-62(77)70-48-25-23-40(14-13-27-69-49-22-11-10-21-47(49)65-66-69)34-46(48)63(61(70)76)52(58(73)68-30-28-67(29-31-68)37-41-24-26-50-51(35-41)81-38-80-50)55-60(75)82-56(43-17-8-5-9-18-43)54(42-15-6-4-7-16-42)71(55)57(63)44-19-12-20-45(36-44)79-33-32-72/h4-12,15-26,34-36,39,52-57,72H,27-33,37-38H2,1-3H3,(H,64,77). The molecule has 3 saturated heterocycles. The highest BCUT2D eigenvalue weighted by molar-refractivity contribution is 6.25. The van der Waals surface area contributed by atoms with Crippen molar-refractivity contribution in [2.45, 2.75) is 62.6 Å². The zero-order valence-corrected chi connectivity index (χ0v) is 45.4. The van der Waals surface area contributed by atoms with Gasteiger partial charge in [-0.1, -0.05) is 122 Å². The maximum Gasteiger partial charge on any atom is 0.329 e. The number of cyclic esters (lactones) is 1. The van der Waals surface area contributed by atoms with Crippen LogP contribution in [0.15, 0.2) is 146 Å². The number of anilines is 1. The molecular formula is C63H60N8O11. The number of rotatable bonds is 13. The van der Waals surface area contributed by atoms with Crippen molar-refractivity contribution in [2.75, 3.05) is 58.2 Å². The van der Waals surface area contributed by atoms with E-state index in [4.69, 9.17) is 23.7 Å². The zero-order valence-electron chi connectivity index (χ0n) is 45.4. The van der Waals surface area contributed by atoms with Gasteiger partial charge in [0.25, 0.3) is 0 Å². The number of esters is 2. The lowest BCUT2D eigenvalue weighted by molar-refractivity contribution is -0.179. The Balaban J connectivity index is 1.07. The van der Waals surface area contributed by atoms with Gasteiger partial charge in [0.15, 0.2) is 11.5 Å². The lowest BCUT2D eigenvalue weighted by Crippen LogP contribution is -2.59. The number of hydrogen-bond acceptors (Lipinski definition) is 15. The van der Waals surface area contributed by atoms with E-state index in [1.54, 1.807) is 59.8 Å². The lowest BCUT2D eigenvalue weighted by Gasteiger charge is -2.46. The first kappa shape index (κ1) is 53.5. The predicted molar refractivity (Wildman–Crippen MR) is 299 cm³/mol. The van der Waals surface area contributed by atoms with Crippen molar-refractivity contribution in [3.05, 3.63) is 179 Å². The van der Waals surface area contributed by atoms with E-state index in [0.29, 0.717) is 59.1 Å². The minimum Gasteiger partial charge on any atom is -0.491 e. The molecule has 0 bridgehead atoms. The number of nitrogens with zero attached hydrogens (tertiary/aromatic N) is 7. The van der Waals surface area contributed by atoms with Crippen LogP contribution in [0.3, 0.4) is 0 Å². The molecule has 0 radical (unpaired) electrons. The van der Waals surface area contributed by atoms with Crippen molar-refractivity contribution in [1.29, 1.82) is 0 Å². The van der Waals surface area contributed by atoms with Crippen LogP contribution in [0.25, 0.3) is 11.0 Å². The van der Waals surface area contributed by atoms with Gasteiger partial charge in [-0.25, -0.2) is 19.2 Å². The number of aromatic nitrogens is 3. The molecule has 7 aromatic rings. The monoisotopic (exact) mass is 1100 g/mol. The number of urea groups is 1. The number of para-hydroxylation sites is 1. The minimum atomic E-state index is -2.14. The van der Waals surface area contributed by atoms with E-state index in [9.17, 15) is 9.90 Å². The number of fused-ring (bicyclic) bond motifs is 5. The molecule has 6 aromatic carbocycles. The Morgan fingerprint density at radius 1 is 0.805 bits per heavy atom. The molecule has 1 spiro atoms. The summed E-state index contributed by atoms with van der Waals surface area (Å²) in [5.74, 6) is 3.38. The van der Waals surface area contributed by atoms with Gasteiger partial charge in [0.05, 0.1) is 42.9 Å². The Morgan fingerprint density at radius 2 is 1.54 bits per heavy atom. The number of ether oxygens (including phenoxy) is 5. The first-order valence-corrected chi connectivity index (χ1v) is 27.4. The highest BCUT2D eigenvalue weighted by Crippen LogP contribution is 2.66. The maximum atomic E-state index is 17.1. The Kier molecular flexibility index (Phi) is 14.7. The average Bonchev–Trinajstić information content (AvgIpc) is 2.00. The van der Waals surface area contributed by atoms with Crippen molar-refractivity contribution in [2.24, 2.45) is 11.8 Å². The number of carbonyl (C=O) groups excluding carboxylic acids is 5. The third kappa shape index (κ3) is 9.51. The van der Waals surface area contributed by atoms with Crippen LogP contribution in [0.5, 0.6) is 17.2 Å². The number of methoxy groups -OCH3 is 1. The van der Waals surface area contributed by atoms with Crippen molar-refractivity contribution >= 4 is 46.5 Å². The van der Waals surface area contributed by atoms with Crippen LogP contribution >= 0.6 is 0 Å². The second-order valence-electron chi connectivity index (χ2n) is 21.3. The van der Waals surface area contributed by atoms with E-state index in [1.807, 2.05) is 114 Å². The molecule has 5 aliphatic rings. The summed E-state index contributed by atoms with van der Waals surface area (Å²) >= 11 is 0. The van der Waals surface area contributed by atoms with Gasteiger partial charge in [-0.3, -0.25) is 24.2 Å². The lowest BCUT2D eigenvalue weighted by atomic mass is 9.64. The summed E-state index contributed by atoms with van der Waals surface area (Å²) < 4.78 is 30.9. The predicted octanol–water partition coefficient (Wildman–Crippen LogP) is 6.50. The summed E-state index contributed by atoms with van der Waals surface area (Å²) in [4.78, 5) is 85.4. The van der Waals surface area contributed by atoms with Gasteiger partial charge in [0, 0.05) is 38.3 Å². The first-order valence-electron chi connectivity index (χ1n) is 27.4. The average molecular weight is 1110 g/mol. The number of imide groups is 1. The van der Waals surface area contributed by atoms with Crippen molar-refractivity contribution in [3.8, 4) is 29.1 Å². The second kappa shape index (κ2) is 22.4. The Morgan fingerprint density at radius 3 is 2.29 bits per heavy atom. The van der Waals surface area contributed by atoms with Crippen LogP contribution in [0.1, 0.15) is 65.4 Å². The molecule has 418 valence electrons. The van der Waals surface area contributed by atoms with Gasteiger partial charge in [-0.05, 0) is 88.3 Å². The molecule has 7 atom stereocenters. The van der Waals surface area contributed by atoms with Crippen LogP contribution in [0, 0.1) is 23.7 Å². The molecule has 7 unspecified atom stereocenters. The smallest absolute Gasteiger partial charge is 0.329 e. The fourth-order valence-electron chi connectivity index (χ4n) is 12.6. The van der Waals surface area contributed by atoms with Crippen LogP contribution in [-0.2, 0) is 47.2 Å². The summed E-state index contributed by atoms with van der Waals surface area (Å²) in [5.41, 5.74) is 3.02. The van der Waals surface area contributed by atoms with Crippen LogP contribution < -0.4 is 24.4 Å². The second-order valence-corrected chi connectivity index (χ2v) is 21.3. The molecule has 0 aliphatic carbocycles. The molecule has 1 aromatic heterocycles. The number of amides is 4. The van der Waals surface area contributed by atoms with Gasteiger partial charge in [-0.2, -0.15) is 0 Å². The summed E-state index contributed by atoms with van der Waals surface area (Å²) in [6, 6.07) is 38.7. The van der Waals surface area contributed by atoms with Crippen LogP contribution in [-0.4, -0.2) is 130 Å². The normalized spacial score (nSPS) is 22.3. The molecule has 0 saturated carbocycles. The zero-order chi connectivity index (χ0) is 56.6. The third-order valence-electron chi connectivity index (χ3n) is 16.3. The molecular weight excluding hydrogens is 1040 g/mol. The molecule has 5 aliphatic heterocycles.